The van der Waals surface area contributed by atoms with Crippen molar-refractivity contribution >= 4 is 22.2 Å². The van der Waals surface area contributed by atoms with Gasteiger partial charge in [0.15, 0.2) is 0 Å². The normalized spacial score (nSPS) is 19.7. The van der Waals surface area contributed by atoms with E-state index in [0.29, 0.717) is 51.0 Å². The molecule has 0 saturated carbocycles. The Morgan fingerprint density at radius 1 is 0.554 bits per heavy atom. The monoisotopic (exact) mass is 811 g/mol. The molecule has 0 bridgehead atoms. The molecule has 0 N–H and O–H groups in total. The molecule has 1 saturated heterocycles. The summed E-state index contributed by atoms with van der Waals surface area (Å²) in [5, 5.41) is 0. The van der Waals surface area contributed by atoms with Crippen molar-refractivity contribution in [2.45, 2.75) is 168 Å². The highest BCUT2D eigenvalue weighted by atomic mass is 28.3. The van der Waals surface area contributed by atoms with Gasteiger partial charge in [0.2, 0.25) is 0 Å². The largest absolute Gasteiger partial charge is 0.356 e. The van der Waals surface area contributed by atoms with Gasteiger partial charge in [-0.05, 0) is 60.7 Å². The number of rotatable bonds is 28. The topological polar surface area (TPSA) is 60.5 Å². The van der Waals surface area contributed by atoms with Crippen LogP contribution in [0.3, 0.4) is 0 Å². The average Bonchev–Trinajstić information content (AvgIpc) is 3.20. The van der Waals surface area contributed by atoms with Crippen LogP contribution in [-0.2, 0) is 31.8 Å². The van der Waals surface area contributed by atoms with Gasteiger partial charge in [0.1, 0.15) is 25.8 Å². The van der Waals surface area contributed by atoms with E-state index in [9.17, 15) is 0 Å². The average molecular weight is 811 g/mol. The third-order valence-electron chi connectivity index (χ3n) is 11.0. The summed E-state index contributed by atoms with van der Waals surface area (Å²) in [4.78, 5) is 19.8. The number of ether oxygens (including phenoxy) is 4. The Morgan fingerprint density at radius 3 is 1.27 bits per heavy atom. The van der Waals surface area contributed by atoms with Gasteiger partial charge in [-0.3, -0.25) is 0 Å². The van der Waals surface area contributed by atoms with E-state index in [4.69, 9.17) is 18.9 Å². The first-order valence-corrected chi connectivity index (χ1v) is 29.6. The molecule has 56 heavy (non-hydrogen) atoms. The van der Waals surface area contributed by atoms with Gasteiger partial charge in [-0.15, -0.1) is 0 Å². The van der Waals surface area contributed by atoms with Crippen LogP contribution in [0.2, 0.25) is 51.4 Å². The molecule has 1 fully saturated rings. The van der Waals surface area contributed by atoms with Crippen LogP contribution in [0.25, 0.3) is 0 Å². The SMILES string of the molecule is CC(C)CCCCCN1C(=O)N(CCCCCC(C)C)[C@H](Cc2ccccc2)[C@H](OCOCC[Si](C)(C)C)[C@@H](OCOCC[Si](C)(C)C)[C@H]1Cc1ccccc1. The summed E-state index contributed by atoms with van der Waals surface area (Å²) >= 11 is 0. The molecule has 2 aromatic rings. The molecule has 318 valence electrons. The predicted octanol–water partition coefficient (Wildman–Crippen LogP) is 11.8. The summed E-state index contributed by atoms with van der Waals surface area (Å²) in [6.07, 6.45) is 9.36. The first-order valence-electron chi connectivity index (χ1n) is 22.2. The second-order valence-corrected chi connectivity index (χ2v) is 30.8. The second-order valence-electron chi connectivity index (χ2n) is 19.6. The van der Waals surface area contributed by atoms with E-state index in [1.54, 1.807) is 0 Å². The van der Waals surface area contributed by atoms with Gasteiger partial charge >= 0.3 is 6.03 Å². The number of nitrogens with zero attached hydrogens (tertiary/aromatic N) is 2. The van der Waals surface area contributed by atoms with Crippen molar-refractivity contribution in [1.82, 2.24) is 9.80 Å². The van der Waals surface area contributed by atoms with Crippen molar-refractivity contribution in [2.75, 3.05) is 39.9 Å². The highest BCUT2D eigenvalue weighted by molar-refractivity contribution is 6.76. The molecule has 1 heterocycles. The lowest BCUT2D eigenvalue weighted by atomic mass is 9.90. The molecule has 2 amide bonds. The maximum absolute atomic E-state index is 15.4. The smallest absolute Gasteiger partial charge is 0.320 e. The van der Waals surface area contributed by atoms with Gasteiger partial charge in [0, 0.05) is 42.5 Å². The minimum Gasteiger partial charge on any atom is -0.356 e. The van der Waals surface area contributed by atoms with Crippen molar-refractivity contribution in [3.05, 3.63) is 71.8 Å². The van der Waals surface area contributed by atoms with Crippen LogP contribution in [-0.4, -0.2) is 96.2 Å². The zero-order chi connectivity index (χ0) is 41.0. The molecular formula is C47H82N2O5Si2. The molecule has 0 unspecified atom stereocenters. The van der Waals surface area contributed by atoms with E-state index in [0.717, 1.165) is 37.8 Å². The van der Waals surface area contributed by atoms with Crippen LogP contribution < -0.4 is 0 Å². The summed E-state index contributed by atoms with van der Waals surface area (Å²) in [7, 11) is -2.58. The van der Waals surface area contributed by atoms with Gasteiger partial charge in [-0.2, -0.15) is 0 Å². The molecule has 4 atom stereocenters. The number of benzene rings is 2. The van der Waals surface area contributed by atoms with Gasteiger partial charge in [-0.25, -0.2) is 4.79 Å². The fourth-order valence-corrected chi connectivity index (χ4v) is 9.00. The van der Waals surface area contributed by atoms with Gasteiger partial charge in [-0.1, -0.05) is 166 Å². The summed E-state index contributed by atoms with van der Waals surface area (Å²) < 4.78 is 26.6. The van der Waals surface area contributed by atoms with Crippen LogP contribution in [0.1, 0.15) is 90.2 Å². The summed E-state index contributed by atoms with van der Waals surface area (Å²) in [6, 6.07) is 23.0. The number of amides is 2. The van der Waals surface area contributed by atoms with Gasteiger partial charge < -0.3 is 28.7 Å². The van der Waals surface area contributed by atoms with Crippen molar-refractivity contribution in [2.24, 2.45) is 11.8 Å². The Balaban J connectivity index is 2.12. The van der Waals surface area contributed by atoms with E-state index in [1.165, 1.54) is 36.8 Å². The lowest BCUT2D eigenvalue weighted by molar-refractivity contribution is -0.187. The number of carbonyl (C=O) groups is 1. The van der Waals surface area contributed by atoms with Gasteiger partial charge in [0.25, 0.3) is 0 Å². The first kappa shape index (κ1) is 48.4. The maximum Gasteiger partial charge on any atom is 0.320 e. The fourth-order valence-electron chi connectivity index (χ4n) is 7.49. The first-order chi connectivity index (χ1) is 26.6. The molecule has 1 aliphatic heterocycles. The van der Waals surface area contributed by atoms with Crippen LogP contribution >= 0.6 is 0 Å². The fraction of sp³-hybridized carbons (Fsp3) is 0.723. The predicted molar refractivity (Wildman–Crippen MR) is 241 cm³/mol. The number of unbranched alkanes of at least 4 members (excludes halogenated alkanes) is 4. The van der Waals surface area contributed by atoms with E-state index in [1.807, 2.05) is 0 Å². The third-order valence-corrected chi connectivity index (χ3v) is 14.4. The summed E-state index contributed by atoms with van der Waals surface area (Å²) in [5.41, 5.74) is 2.38. The van der Waals surface area contributed by atoms with Crippen LogP contribution in [0, 0.1) is 11.8 Å². The molecule has 0 spiro atoms. The molecule has 0 aromatic heterocycles. The van der Waals surface area contributed by atoms with Crippen molar-refractivity contribution in [3.8, 4) is 0 Å². The van der Waals surface area contributed by atoms with Crippen LogP contribution in [0.4, 0.5) is 4.79 Å². The Bertz CT molecular complexity index is 1220. The van der Waals surface area contributed by atoms with E-state index < -0.39 is 28.4 Å². The minimum absolute atomic E-state index is 0.110. The van der Waals surface area contributed by atoms with E-state index in [-0.39, 0.29) is 31.7 Å². The lowest BCUT2D eigenvalue weighted by Crippen LogP contribution is -2.53. The molecular weight excluding hydrogens is 729 g/mol. The minimum atomic E-state index is -1.29. The van der Waals surface area contributed by atoms with Gasteiger partial charge in [0.05, 0.1) is 12.1 Å². The third kappa shape index (κ3) is 19.2. The molecule has 2 aromatic carbocycles. The van der Waals surface area contributed by atoms with Crippen molar-refractivity contribution < 1.29 is 23.7 Å². The molecule has 1 aliphatic rings. The summed E-state index contributed by atoms with van der Waals surface area (Å²) in [5.74, 6) is 1.35. The summed E-state index contributed by atoms with van der Waals surface area (Å²) in [6.45, 7) is 26.5. The standard InChI is InChI=1S/C47H82N2O5Si2/c1-39(2)23-15-13-21-29-48-43(35-41-25-17-11-18-26-41)45(53-37-51-31-33-55(5,6)7)46(54-38-52-32-34-56(8,9)10)44(36-42-27-19-12-20-28-42)49(47(48)50)30-22-14-16-24-40(3)4/h11-12,17-20,25-28,39-40,43-46H,13-16,21-24,29-38H2,1-10H3/t43-,44-,45+,46+/m1/s1. The number of carbonyl (C=O) groups excluding carboxylic acids is 1. The van der Waals surface area contributed by atoms with E-state index >= 15 is 4.79 Å². The molecule has 9 heteroatoms. The Morgan fingerprint density at radius 2 is 0.929 bits per heavy atom. The second kappa shape index (κ2) is 25.5. The zero-order valence-corrected chi connectivity index (χ0v) is 39.4. The molecule has 3 rings (SSSR count). The van der Waals surface area contributed by atoms with Crippen molar-refractivity contribution in [3.63, 3.8) is 0 Å². The Kier molecular flexibility index (Phi) is 22.0. The van der Waals surface area contributed by atoms with Crippen LogP contribution in [0.5, 0.6) is 0 Å². The molecule has 0 radical (unpaired) electrons. The number of urea groups is 1. The molecule has 0 aliphatic carbocycles. The number of hydrogen-bond donors (Lipinski definition) is 0. The lowest BCUT2D eigenvalue weighted by Gasteiger charge is -2.38. The Labute approximate surface area is 345 Å². The zero-order valence-electron chi connectivity index (χ0n) is 37.4. The molecule has 7 nitrogen and oxygen atoms in total. The highest BCUT2D eigenvalue weighted by Gasteiger charge is 2.48. The van der Waals surface area contributed by atoms with Crippen molar-refractivity contribution in [1.29, 1.82) is 0 Å². The van der Waals surface area contributed by atoms with E-state index in [2.05, 4.69) is 137 Å². The van der Waals surface area contributed by atoms with Crippen LogP contribution in [0.15, 0.2) is 60.7 Å². The highest BCUT2D eigenvalue weighted by Crippen LogP contribution is 2.32. The quantitative estimate of drug-likeness (QED) is 0.0487. The maximum atomic E-state index is 15.4. The Hall–Kier alpha value is -2.02. The number of hydrogen-bond acceptors (Lipinski definition) is 5.